The maximum Gasteiger partial charge on any atom is 0.293 e. The van der Waals surface area contributed by atoms with E-state index in [0.717, 1.165) is 11.3 Å². The van der Waals surface area contributed by atoms with Crippen molar-refractivity contribution in [3.63, 3.8) is 0 Å². The first-order valence-corrected chi connectivity index (χ1v) is 10.6. The molecule has 1 saturated heterocycles. The summed E-state index contributed by atoms with van der Waals surface area (Å²) in [4.78, 5) is 38.5. The van der Waals surface area contributed by atoms with E-state index in [0.29, 0.717) is 28.0 Å². The number of morpholine rings is 1. The Labute approximate surface area is 187 Å². The highest BCUT2D eigenvalue weighted by molar-refractivity contribution is 7.18. The Kier molecular flexibility index (Phi) is 7.83. The number of likely N-dealkylation sites (N-methyl/N-ethyl adjacent to an activating group) is 1. The van der Waals surface area contributed by atoms with Crippen molar-refractivity contribution in [2.75, 3.05) is 49.7 Å². The summed E-state index contributed by atoms with van der Waals surface area (Å²) < 4.78 is 25.3. The topological polar surface area (TPSA) is 88.2 Å². The molecule has 2 amide bonds. The van der Waals surface area contributed by atoms with Gasteiger partial charge in [-0.05, 0) is 30.3 Å². The van der Waals surface area contributed by atoms with Gasteiger partial charge in [-0.2, -0.15) is 0 Å². The van der Waals surface area contributed by atoms with Crippen LogP contribution in [0.2, 0.25) is 4.34 Å². The Bertz CT molecular complexity index is 957. The molecule has 1 aromatic heterocycles. The van der Waals surface area contributed by atoms with Crippen LogP contribution >= 0.6 is 22.9 Å². The number of thiophene rings is 1. The van der Waals surface area contributed by atoms with Gasteiger partial charge in [0.2, 0.25) is 0 Å². The van der Waals surface area contributed by atoms with Gasteiger partial charge in [-0.3, -0.25) is 14.4 Å². The monoisotopic (exact) mass is 469 g/mol. The van der Waals surface area contributed by atoms with Gasteiger partial charge in [-0.1, -0.05) is 11.6 Å². The highest BCUT2D eigenvalue weighted by atomic mass is 35.5. The zero-order valence-electron chi connectivity index (χ0n) is 16.7. The number of carbonyl (C=O) groups is 3. The number of halogens is 2. The molecule has 1 N–H and O–H groups in total. The van der Waals surface area contributed by atoms with Crippen LogP contribution in [0.4, 0.5) is 15.8 Å². The van der Waals surface area contributed by atoms with Crippen LogP contribution in [-0.4, -0.2) is 64.3 Å². The van der Waals surface area contributed by atoms with Crippen LogP contribution in [-0.2, 0) is 19.1 Å². The van der Waals surface area contributed by atoms with Crippen LogP contribution < -0.4 is 15.1 Å². The quantitative estimate of drug-likeness (QED) is 0.567. The molecule has 0 spiro atoms. The molecule has 2 aromatic rings. The number of ether oxygens (including phenoxy) is 2. The second kappa shape index (κ2) is 10.6. The minimum absolute atomic E-state index is 0.0697. The van der Waals surface area contributed by atoms with Crippen LogP contribution in [0.5, 0.6) is 0 Å². The van der Waals surface area contributed by atoms with Gasteiger partial charge in [-0.15, -0.1) is 11.3 Å². The molecule has 2 heterocycles. The second-order valence-electron chi connectivity index (χ2n) is 6.78. The molecule has 8 nitrogen and oxygen atoms in total. The number of anilines is 2. The summed E-state index contributed by atoms with van der Waals surface area (Å²) in [7, 11) is 1.70. The first-order chi connectivity index (χ1) is 14.9. The number of hydrogen-bond donors (Lipinski definition) is 1. The van der Waals surface area contributed by atoms with Gasteiger partial charge in [0.25, 0.3) is 18.3 Å². The standard InChI is InChI=1S/C20H21ClFN3O5S/c1-24(10-14(30-12-26)9-23-20(28)17-4-5-18(21)31-17)13-2-3-16(15(22)8-13)25-6-7-29-11-19(25)27/h2-5,8,12,14H,6-7,9-11H2,1H3,(H,23,28). The van der Waals surface area contributed by atoms with Crippen molar-refractivity contribution in [1.82, 2.24) is 5.32 Å². The van der Waals surface area contributed by atoms with Crippen molar-refractivity contribution in [3.05, 3.63) is 45.4 Å². The number of amides is 2. The van der Waals surface area contributed by atoms with E-state index in [1.54, 1.807) is 30.1 Å². The predicted molar refractivity (Wildman–Crippen MR) is 115 cm³/mol. The molecule has 31 heavy (non-hydrogen) atoms. The third-order valence-corrected chi connectivity index (χ3v) is 5.89. The highest BCUT2D eigenvalue weighted by Crippen LogP contribution is 2.26. The highest BCUT2D eigenvalue weighted by Gasteiger charge is 2.23. The molecular formula is C20H21ClFN3O5S. The molecule has 3 rings (SSSR count). The summed E-state index contributed by atoms with van der Waals surface area (Å²) in [6, 6.07) is 7.74. The Balaban J connectivity index is 1.62. The third kappa shape index (κ3) is 5.93. The molecule has 1 atom stereocenters. The van der Waals surface area contributed by atoms with Crippen molar-refractivity contribution in [3.8, 4) is 0 Å². The average molecular weight is 470 g/mol. The molecule has 0 radical (unpaired) electrons. The number of nitrogens with zero attached hydrogens (tertiary/aromatic N) is 2. The Morgan fingerprint density at radius 3 is 2.90 bits per heavy atom. The number of carbonyl (C=O) groups excluding carboxylic acids is 3. The van der Waals surface area contributed by atoms with E-state index in [4.69, 9.17) is 21.1 Å². The molecule has 0 saturated carbocycles. The molecule has 1 aliphatic heterocycles. The lowest BCUT2D eigenvalue weighted by atomic mass is 10.2. The van der Waals surface area contributed by atoms with E-state index >= 15 is 0 Å². The fourth-order valence-corrected chi connectivity index (χ4v) is 4.06. The number of nitrogens with one attached hydrogen (secondary N) is 1. The molecule has 0 aliphatic carbocycles. The zero-order chi connectivity index (χ0) is 22.4. The zero-order valence-corrected chi connectivity index (χ0v) is 18.2. The first kappa shape index (κ1) is 23.0. The normalized spacial score (nSPS) is 14.8. The van der Waals surface area contributed by atoms with E-state index in [1.807, 2.05) is 0 Å². The van der Waals surface area contributed by atoms with Gasteiger partial charge < -0.3 is 24.6 Å². The Morgan fingerprint density at radius 2 is 2.26 bits per heavy atom. The molecule has 1 aliphatic rings. The van der Waals surface area contributed by atoms with Crippen LogP contribution in [0, 0.1) is 5.82 Å². The van der Waals surface area contributed by atoms with Gasteiger partial charge >= 0.3 is 0 Å². The Hall–Kier alpha value is -2.69. The van der Waals surface area contributed by atoms with E-state index in [2.05, 4.69) is 5.32 Å². The molecule has 11 heteroatoms. The van der Waals surface area contributed by atoms with Crippen LogP contribution in [0.1, 0.15) is 9.67 Å². The SMILES string of the molecule is CN(CC(CNC(=O)c1ccc(Cl)s1)OC=O)c1ccc(N2CCOCC2=O)c(F)c1. The van der Waals surface area contributed by atoms with Gasteiger partial charge in [0.15, 0.2) is 0 Å². The van der Waals surface area contributed by atoms with E-state index in [9.17, 15) is 18.8 Å². The summed E-state index contributed by atoms with van der Waals surface area (Å²) in [5.41, 5.74) is 0.714. The minimum atomic E-state index is -0.662. The first-order valence-electron chi connectivity index (χ1n) is 9.40. The lowest BCUT2D eigenvalue weighted by Crippen LogP contribution is -2.42. The fourth-order valence-electron chi connectivity index (χ4n) is 3.10. The van der Waals surface area contributed by atoms with Crippen LogP contribution in [0.3, 0.4) is 0 Å². The molecule has 1 aromatic carbocycles. The van der Waals surface area contributed by atoms with Gasteiger partial charge in [-0.25, -0.2) is 4.39 Å². The third-order valence-electron chi connectivity index (χ3n) is 4.66. The van der Waals surface area contributed by atoms with E-state index in [1.165, 1.54) is 17.0 Å². The average Bonchev–Trinajstić information content (AvgIpc) is 3.19. The Morgan fingerprint density at radius 1 is 1.45 bits per heavy atom. The number of hydrogen-bond acceptors (Lipinski definition) is 7. The number of rotatable bonds is 9. The van der Waals surface area contributed by atoms with Gasteiger partial charge in [0.05, 0.1) is 34.6 Å². The minimum Gasteiger partial charge on any atom is -0.461 e. The summed E-state index contributed by atoms with van der Waals surface area (Å²) in [6.45, 7) is 1.14. The second-order valence-corrected chi connectivity index (χ2v) is 8.50. The predicted octanol–water partition coefficient (Wildman–Crippen LogP) is 2.31. The summed E-state index contributed by atoms with van der Waals surface area (Å²) in [5.74, 6) is -1.17. The van der Waals surface area contributed by atoms with Crippen LogP contribution in [0.25, 0.3) is 0 Å². The summed E-state index contributed by atoms with van der Waals surface area (Å²) >= 11 is 6.98. The van der Waals surface area contributed by atoms with Crippen LogP contribution in [0.15, 0.2) is 30.3 Å². The van der Waals surface area contributed by atoms with E-state index < -0.39 is 11.9 Å². The van der Waals surface area contributed by atoms with Crippen molar-refractivity contribution in [2.45, 2.75) is 6.10 Å². The largest absolute Gasteiger partial charge is 0.461 e. The van der Waals surface area contributed by atoms with Gasteiger partial charge in [0.1, 0.15) is 18.5 Å². The molecular weight excluding hydrogens is 449 g/mol. The molecule has 0 bridgehead atoms. The molecule has 166 valence electrons. The lowest BCUT2D eigenvalue weighted by molar-refractivity contribution is -0.133. The van der Waals surface area contributed by atoms with Gasteiger partial charge in [0, 0.05) is 19.3 Å². The van der Waals surface area contributed by atoms with E-state index in [-0.39, 0.29) is 43.7 Å². The molecule has 1 unspecified atom stereocenters. The lowest BCUT2D eigenvalue weighted by Gasteiger charge is -2.28. The maximum atomic E-state index is 14.7. The van der Waals surface area contributed by atoms with Crippen molar-refractivity contribution in [1.29, 1.82) is 0 Å². The fraction of sp³-hybridized carbons (Fsp3) is 0.350. The van der Waals surface area contributed by atoms with Crippen molar-refractivity contribution >= 4 is 52.6 Å². The van der Waals surface area contributed by atoms with Crippen molar-refractivity contribution in [2.24, 2.45) is 0 Å². The smallest absolute Gasteiger partial charge is 0.293 e. The molecule has 1 fully saturated rings. The maximum absolute atomic E-state index is 14.7. The van der Waals surface area contributed by atoms with Crippen molar-refractivity contribution < 1.29 is 28.2 Å². The summed E-state index contributed by atoms with van der Waals surface area (Å²) in [5, 5.41) is 2.69. The number of benzene rings is 1. The summed E-state index contributed by atoms with van der Waals surface area (Å²) in [6.07, 6.45) is -0.662.